The number of esters is 2. The summed E-state index contributed by atoms with van der Waals surface area (Å²) < 4.78 is 10.1. The Labute approximate surface area is 124 Å². The van der Waals surface area contributed by atoms with E-state index in [0.717, 1.165) is 19.3 Å². The van der Waals surface area contributed by atoms with Crippen LogP contribution in [0.25, 0.3) is 0 Å². The third kappa shape index (κ3) is 1.49. The largest absolute Gasteiger partial charge is 0.469 e. The average molecular weight is 294 g/mol. The zero-order valence-corrected chi connectivity index (χ0v) is 12.6. The summed E-state index contributed by atoms with van der Waals surface area (Å²) in [5.74, 6) is -1.01. The number of hydrogen-bond acceptors (Lipinski definition) is 5. The summed E-state index contributed by atoms with van der Waals surface area (Å²) in [7, 11) is 2.71. The van der Waals surface area contributed by atoms with E-state index in [-0.39, 0.29) is 23.6 Å². The van der Waals surface area contributed by atoms with Crippen molar-refractivity contribution in [3.05, 3.63) is 0 Å². The fourth-order valence-electron chi connectivity index (χ4n) is 5.52. The van der Waals surface area contributed by atoms with Crippen molar-refractivity contribution < 1.29 is 23.9 Å². The minimum atomic E-state index is -0.977. The lowest BCUT2D eigenvalue weighted by molar-refractivity contribution is -0.250. The van der Waals surface area contributed by atoms with Gasteiger partial charge in [-0.1, -0.05) is 12.8 Å². The van der Waals surface area contributed by atoms with Crippen LogP contribution in [0.2, 0.25) is 0 Å². The highest BCUT2D eigenvalue weighted by molar-refractivity contribution is 6.00. The number of carbonyl (C=O) groups is 3. The first kappa shape index (κ1) is 14.5. The maximum Gasteiger partial charge on any atom is 0.313 e. The van der Waals surface area contributed by atoms with Crippen LogP contribution in [-0.4, -0.2) is 31.9 Å². The van der Waals surface area contributed by atoms with Crippen LogP contribution >= 0.6 is 0 Å². The number of hydrogen-bond donors (Lipinski definition) is 0. The molecule has 0 spiro atoms. The van der Waals surface area contributed by atoms with E-state index in [0.29, 0.717) is 25.7 Å². The van der Waals surface area contributed by atoms with Gasteiger partial charge in [-0.15, -0.1) is 0 Å². The smallest absolute Gasteiger partial charge is 0.313 e. The Morgan fingerprint density at radius 3 is 2.29 bits per heavy atom. The molecule has 3 aliphatic rings. The fourth-order valence-corrected chi connectivity index (χ4v) is 5.52. The molecule has 0 unspecified atom stereocenters. The predicted molar refractivity (Wildman–Crippen MR) is 73.2 cm³/mol. The number of ether oxygens (including phenoxy) is 2. The fraction of sp³-hybridized carbons (Fsp3) is 0.812. The van der Waals surface area contributed by atoms with Crippen LogP contribution in [0.4, 0.5) is 0 Å². The first-order valence-electron chi connectivity index (χ1n) is 7.76. The van der Waals surface area contributed by atoms with Gasteiger partial charge in [0.25, 0.3) is 0 Å². The Bertz CT molecular complexity index is 499. The van der Waals surface area contributed by atoms with Gasteiger partial charge in [0, 0.05) is 12.3 Å². The molecular weight excluding hydrogens is 272 g/mol. The standard InChI is InChI=1S/C16H22O5/c1-20-13(18)15-8-4-3-6-10(15)12-11(17)7-5-9-16(12,15)14(19)21-2/h10,12H,3-9H2,1-2H3/t10-,12+,15-,16-/m1/s1. The van der Waals surface area contributed by atoms with Gasteiger partial charge in [-0.25, -0.2) is 0 Å². The molecule has 0 radical (unpaired) electrons. The van der Waals surface area contributed by atoms with Crippen LogP contribution in [0, 0.1) is 22.7 Å². The summed E-state index contributed by atoms with van der Waals surface area (Å²) in [6, 6.07) is 0. The van der Waals surface area contributed by atoms with Crippen molar-refractivity contribution in [2.24, 2.45) is 22.7 Å². The van der Waals surface area contributed by atoms with E-state index in [2.05, 4.69) is 0 Å². The van der Waals surface area contributed by atoms with E-state index in [1.165, 1.54) is 14.2 Å². The molecular formula is C16H22O5. The molecule has 21 heavy (non-hydrogen) atoms. The lowest BCUT2D eigenvalue weighted by Gasteiger charge is -2.68. The molecule has 3 fully saturated rings. The Kier molecular flexibility index (Phi) is 3.34. The SMILES string of the molecule is COC(=O)[C@@]12CCCC[C@@H]1[C@H]1C(=O)CCC[C@]12C(=O)OC. The van der Waals surface area contributed by atoms with Crippen molar-refractivity contribution in [1.82, 2.24) is 0 Å². The maximum atomic E-state index is 12.6. The van der Waals surface area contributed by atoms with Crippen molar-refractivity contribution in [3.8, 4) is 0 Å². The molecule has 3 aliphatic carbocycles. The van der Waals surface area contributed by atoms with Gasteiger partial charge in [-0.2, -0.15) is 0 Å². The summed E-state index contributed by atoms with van der Waals surface area (Å²) in [4.78, 5) is 37.6. The number of rotatable bonds is 2. The molecule has 5 nitrogen and oxygen atoms in total. The molecule has 0 heterocycles. The Morgan fingerprint density at radius 1 is 1.00 bits per heavy atom. The molecule has 4 atom stereocenters. The summed E-state index contributed by atoms with van der Waals surface area (Å²) in [6.07, 6.45) is 5.07. The highest BCUT2D eigenvalue weighted by atomic mass is 16.5. The first-order valence-corrected chi connectivity index (χ1v) is 7.76. The summed E-state index contributed by atoms with van der Waals surface area (Å²) >= 11 is 0. The van der Waals surface area contributed by atoms with Crippen molar-refractivity contribution >= 4 is 17.7 Å². The van der Waals surface area contributed by atoms with Gasteiger partial charge >= 0.3 is 11.9 Å². The second-order valence-corrected chi connectivity index (χ2v) is 6.58. The van der Waals surface area contributed by atoms with E-state index in [9.17, 15) is 14.4 Å². The van der Waals surface area contributed by atoms with Crippen molar-refractivity contribution in [2.75, 3.05) is 14.2 Å². The van der Waals surface area contributed by atoms with Crippen LogP contribution in [-0.2, 0) is 23.9 Å². The minimum absolute atomic E-state index is 0.0504. The first-order chi connectivity index (χ1) is 10.1. The van der Waals surface area contributed by atoms with Gasteiger partial charge in [-0.05, 0) is 31.6 Å². The molecule has 3 saturated carbocycles. The Morgan fingerprint density at radius 2 is 1.62 bits per heavy atom. The molecule has 0 aromatic rings. The van der Waals surface area contributed by atoms with Gasteiger partial charge in [0.15, 0.2) is 0 Å². The van der Waals surface area contributed by atoms with Crippen LogP contribution in [0.15, 0.2) is 0 Å². The Balaban J connectivity index is 2.14. The van der Waals surface area contributed by atoms with Crippen molar-refractivity contribution in [2.45, 2.75) is 44.9 Å². The molecule has 0 saturated heterocycles. The van der Waals surface area contributed by atoms with Gasteiger partial charge in [0.1, 0.15) is 5.78 Å². The van der Waals surface area contributed by atoms with E-state index < -0.39 is 16.8 Å². The van der Waals surface area contributed by atoms with Crippen molar-refractivity contribution in [3.63, 3.8) is 0 Å². The molecule has 5 heteroatoms. The zero-order chi connectivity index (χ0) is 15.3. The summed E-state index contributed by atoms with van der Waals surface area (Å²) in [6.45, 7) is 0. The second kappa shape index (κ2) is 4.82. The van der Waals surface area contributed by atoms with E-state index in [1.54, 1.807) is 0 Å². The molecule has 0 amide bonds. The number of methoxy groups -OCH3 is 2. The molecule has 3 rings (SSSR count). The number of ketones is 1. The lowest BCUT2D eigenvalue weighted by Crippen LogP contribution is -2.75. The minimum Gasteiger partial charge on any atom is -0.469 e. The van der Waals surface area contributed by atoms with E-state index in [1.807, 2.05) is 0 Å². The molecule has 116 valence electrons. The van der Waals surface area contributed by atoms with Gasteiger partial charge in [0.2, 0.25) is 0 Å². The predicted octanol–water partition coefficient (Wildman–Crippen LogP) is 1.88. The normalized spacial score (nSPS) is 41.3. The van der Waals surface area contributed by atoms with Gasteiger partial charge in [0.05, 0.1) is 25.0 Å². The number of Topliss-reactive ketones (excluding diaryl/α,β-unsaturated/α-hetero) is 1. The average Bonchev–Trinajstić information content (AvgIpc) is 2.50. The van der Waals surface area contributed by atoms with E-state index >= 15 is 0 Å². The molecule has 0 aromatic heterocycles. The quantitative estimate of drug-likeness (QED) is 0.727. The highest BCUT2D eigenvalue weighted by Crippen LogP contribution is 2.74. The maximum absolute atomic E-state index is 12.6. The lowest BCUT2D eigenvalue weighted by atomic mass is 9.31. The molecule has 0 aliphatic heterocycles. The summed E-state index contributed by atoms with van der Waals surface area (Å²) in [5, 5.41) is 0. The van der Waals surface area contributed by atoms with Crippen LogP contribution in [0.3, 0.4) is 0 Å². The summed E-state index contributed by atoms with van der Waals surface area (Å²) in [5.41, 5.74) is -1.82. The molecule has 0 aromatic carbocycles. The zero-order valence-electron chi connectivity index (χ0n) is 12.6. The molecule has 0 N–H and O–H groups in total. The second-order valence-electron chi connectivity index (χ2n) is 6.58. The Hall–Kier alpha value is -1.39. The monoisotopic (exact) mass is 294 g/mol. The van der Waals surface area contributed by atoms with Crippen LogP contribution in [0.5, 0.6) is 0 Å². The van der Waals surface area contributed by atoms with E-state index in [4.69, 9.17) is 9.47 Å². The van der Waals surface area contributed by atoms with Crippen molar-refractivity contribution in [1.29, 1.82) is 0 Å². The van der Waals surface area contributed by atoms with Gasteiger partial charge < -0.3 is 9.47 Å². The number of fused-ring (bicyclic) bond motifs is 4. The van der Waals surface area contributed by atoms with Crippen LogP contribution in [0.1, 0.15) is 44.9 Å². The van der Waals surface area contributed by atoms with Crippen LogP contribution < -0.4 is 0 Å². The topological polar surface area (TPSA) is 69.7 Å². The number of carbonyl (C=O) groups excluding carboxylic acids is 3. The third-order valence-electron chi connectivity index (χ3n) is 6.14. The highest BCUT2D eigenvalue weighted by Gasteiger charge is 2.81. The van der Waals surface area contributed by atoms with Gasteiger partial charge in [-0.3, -0.25) is 14.4 Å². The third-order valence-corrected chi connectivity index (χ3v) is 6.14. The molecule has 0 bridgehead atoms.